The van der Waals surface area contributed by atoms with Gasteiger partial charge in [-0.3, -0.25) is 0 Å². The molecule has 0 saturated carbocycles. The normalized spacial score (nSPS) is 9.83. The van der Waals surface area contributed by atoms with Crippen molar-refractivity contribution in [3.63, 3.8) is 0 Å². The molecule has 1 aromatic carbocycles. The molecule has 3 heteroatoms. The van der Waals surface area contributed by atoms with Crippen LogP contribution in [0.1, 0.15) is 0 Å². The van der Waals surface area contributed by atoms with Gasteiger partial charge in [-0.2, -0.15) is 0 Å². The molecule has 1 N–H and O–H groups in total. The zero-order valence-corrected chi connectivity index (χ0v) is 7.77. The van der Waals surface area contributed by atoms with E-state index >= 15 is 0 Å². The van der Waals surface area contributed by atoms with Gasteiger partial charge in [0.25, 0.3) is 0 Å². The molecular formula is C9H12ClNO. The zero-order chi connectivity index (χ0) is 8.81. The first-order valence-electron chi connectivity index (χ1n) is 3.81. The van der Waals surface area contributed by atoms with Crippen LogP contribution in [0, 0.1) is 0 Å². The Morgan fingerprint density at radius 1 is 1.33 bits per heavy atom. The predicted molar refractivity (Wildman–Crippen MR) is 51.8 cm³/mol. The topological polar surface area (TPSA) is 21.3 Å². The van der Waals surface area contributed by atoms with Crippen molar-refractivity contribution in [1.82, 2.24) is 0 Å². The highest BCUT2D eigenvalue weighted by molar-refractivity contribution is 6.30. The second-order valence-electron chi connectivity index (χ2n) is 2.43. The van der Waals surface area contributed by atoms with Crippen molar-refractivity contribution in [2.24, 2.45) is 0 Å². The maximum absolute atomic E-state index is 5.72. The summed E-state index contributed by atoms with van der Waals surface area (Å²) < 4.78 is 4.90. The highest BCUT2D eigenvalue weighted by atomic mass is 35.5. The average Bonchev–Trinajstić information content (AvgIpc) is 2.09. The number of hydrogen-bond donors (Lipinski definition) is 1. The molecule has 0 amide bonds. The molecule has 12 heavy (non-hydrogen) atoms. The lowest BCUT2D eigenvalue weighted by atomic mass is 10.3. The molecule has 0 unspecified atom stereocenters. The summed E-state index contributed by atoms with van der Waals surface area (Å²) in [5.74, 6) is 0. The highest BCUT2D eigenvalue weighted by Gasteiger charge is 1.90. The summed E-state index contributed by atoms with van der Waals surface area (Å²) in [6.45, 7) is 1.53. The Kier molecular flexibility index (Phi) is 3.91. The van der Waals surface area contributed by atoms with E-state index in [0.29, 0.717) is 6.61 Å². The van der Waals surface area contributed by atoms with Crippen LogP contribution in [-0.4, -0.2) is 20.3 Å². The molecule has 1 aromatic rings. The molecule has 0 aromatic heterocycles. The summed E-state index contributed by atoms with van der Waals surface area (Å²) >= 11 is 5.72. The van der Waals surface area contributed by atoms with Gasteiger partial charge < -0.3 is 10.1 Å². The Hall–Kier alpha value is -0.730. The third kappa shape index (κ3) is 3.11. The van der Waals surface area contributed by atoms with Crippen molar-refractivity contribution >= 4 is 17.3 Å². The lowest BCUT2D eigenvalue weighted by molar-refractivity contribution is 0.211. The van der Waals surface area contributed by atoms with Gasteiger partial charge in [0.2, 0.25) is 0 Å². The fourth-order valence-corrected chi connectivity index (χ4v) is 0.991. The molecule has 66 valence electrons. The van der Waals surface area contributed by atoms with E-state index in [9.17, 15) is 0 Å². The van der Waals surface area contributed by atoms with Gasteiger partial charge in [-0.25, -0.2) is 0 Å². The Morgan fingerprint density at radius 2 is 2.00 bits per heavy atom. The van der Waals surface area contributed by atoms with E-state index in [1.165, 1.54) is 0 Å². The van der Waals surface area contributed by atoms with Gasteiger partial charge in [-0.1, -0.05) is 11.6 Å². The Morgan fingerprint density at radius 3 is 2.58 bits per heavy atom. The molecule has 0 aliphatic carbocycles. The summed E-state index contributed by atoms with van der Waals surface area (Å²) in [5, 5.41) is 3.95. The first-order chi connectivity index (χ1) is 5.83. The molecule has 1 rings (SSSR count). The second-order valence-corrected chi connectivity index (χ2v) is 2.86. The Bertz CT molecular complexity index is 222. The summed E-state index contributed by atoms with van der Waals surface area (Å²) in [6.07, 6.45) is 0. The highest BCUT2D eigenvalue weighted by Crippen LogP contribution is 2.12. The summed E-state index contributed by atoms with van der Waals surface area (Å²) in [7, 11) is 1.68. The maximum Gasteiger partial charge on any atom is 0.0635 e. The average molecular weight is 186 g/mol. The van der Waals surface area contributed by atoms with Gasteiger partial charge >= 0.3 is 0 Å². The van der Waals surface area contributed by atoms with Gasteiger partial charge in [0, 0.05) is 24.4 Å². The number of anilines is 1. The minimum Gasteiger partial charge on any atom is -0.383 e. The number of benzene rings is 1. The lowest BCUT2D eigenvalue weighted by Crippen LogP contribution is -2.07. The van der Waals surface area contributed by atoms with Crippen molar-refractivity contribution in [1.29, 1.82) is 0 Å². The standard InChI is InChI=1S/C9H12ClNO/c1-12-7-6-11-9-4-2-8(10)3-5-9/h2-5,11H,6-7H2,1H3. The van der Waals surface area contributed by atoms with E-state index in [4.69, 9.17) is 16.3 Å². The monoisotopic (exact) mass is 185 g/mol. The van der Waals surface area contributed by atoms with E-state index in [2.05, 4.69) is 5.32 Å². The number of hydrogen-bond acceptors (Lipinski definition) is 2. The van der Waals surface area contributed by atoms with E-state index < -0.39 is 0 Å². The molecule has 2 nitrogen and oxygen atoms in total. The molecule has 0 spiro atoms. The number of methoxy groups -OCH3 is 1. The number of rotatable bonds is 4. The molecule has 0 aliphatic rings. The minimum absolute atomic E-state index is 0.711. The smallest absolute Gasteiger partial charge is 0.0635 e. The van der Waals surface area contributed by atoms with Crippen LogP contribution in [-0.2, 0) is 4.74 Å². The van der Waals surface area contributed by atoms with Crippen LogP contribution in [0.25, 0.3) is 0 Å². The second kappa shape index (κ2) is 5.01. The third-order valence-corrected chi connectivity index (χ3v) is 1.73. The van der Waals surface area contributed by atoms with Crippen LogP contribution in [0.3, 0.4) is 0 Å². The SMILES string of the molecule is COCCNc1ccc(Cl)cc1. The van der Waals surface area contributed by atoms with E-state index in [0.717, 1.165) is 17.3 Å². The van der Waals surface area contributed by atoms with Crippen LogP contribution >= 0.6 is 11.6 Å². The minimum atomic E-state index is 0.711. The fourth-order valence-electron chi connectivity index (χ4n) is 0.865. The first kappa shape index (κ1) is 9.36. The van der Waals surface area contributed by atoms with Gasteiger partial charge in [-0.05, 0) is 24.3 Å². The molecule has 0 aliphatic heterocycles. The maximum atomic E-state index is 5.72. The quantitative estimate of drug-likeness (QED) is 0.728. The Balaban J connectivity index is 2.37. The Labute approximate surface area is 77.5 Å². The van der Waals surface area contributed by atoms with Crippen molar-refractivity contribution in [3.05, 3.63) is 29.3 Å². The molecular weight excluding hydrogens is 174 g/mol. The van der Waals surface area contributed by atoms with Crippen molar-refractivity contribution < 1.29 is 4.74 Å². The van der Waals surface area contributed by atoms with Crippen LogP contribution in [0.2, 0.25) is 5.02 Å². The third-order valence-electron chi connectivity index (χ3n) is 1.48. The molecule has 0 saturated heterocycles. The van der Waals surface area contributed by atoms with Crippen LogP contribution < -0.4 is 5.32 Å². The van der Waals surface area contributed by atoms with Crippen molar-refractivity contribution in [2.75, 3.05) is 25.6 Å². The van der Waals surface area contributed by atoms with Crippen LogP contribution in [0.4, 0.5) is 5.69 Å². The summed E-state index contributed by atoms with van der Waals surface area (Å²) in [5.41, 5.74) is 1.07. The van der Waals surface area contributed by atoms with Crippen molar-refractivity contribution in [2.45, 2.75) is 0 Å². The van der Waals surface area contributed by atoms with Crippen LogP contribution in [0.15, 0.2) is 24.3 Å². The van der Waals surface area contributed by atoms with E-state index in [1.54, 1.807) is 7.11 Å². The van der Waals surface area contributed by atoms with E-state index in [-0.39, 0.29) is 0 Å². The lowest BCUT2D eigenvalue weighted by Gasteiger charge is -2.04. The van der Waals surface area contributed by atoms with Crippen LogP contribution in [0.5, 0.6) is 0 Å². The zero-order valence-electron chi connectivity index (χ0n) is 7.01. The fraction of sp³-hybridized carbons (Fsp3) is 0.333. The molecule has 0 fully saturated rings. The predicted octanol–water partition coefficient (Wildman–Crippen LogP) is 2.40. The molecule has 0 heterocycles. The number of nitrogens with one attached hydrogen (secondary N) is 1. The first-order valence-corrected chi connectivity index (χ1v) is 4.19. The largest absolute Gasteiger partial charge is 0.383 e. The van der Waals surface area contributed by atoms with Gasteiger partial charge in [0.1, 0.15) is 0 Å². The van der Waals surface area contributed by atoms with Gasteiger partial charge in [0.15, 0.2) is 0 Å². The van der Waals surface area contributed by atoms with Gasteiger partial charge in [-0.15, -0.1) is 0 Å². The summed E-state index contributed by atoms with van der Waals surface area (Å²) in [4.78, 5) is 0. The number of halogens is 1. The van der Waals surface area contributed by atoms with Gasteiger partial charge in [0.05, 0.1) is 6.61 Å². The van der Waals surface area contributed by atoms with E-state index in [1.807, 2.05) is 24.3 Å². The molecule has 0 bridgehead atoms. The molecule has 0 atom stereocenters. The van der Waals surface area contributed by atoms with Crippen molar-refractivity contribution in [3.8, 4) is 0 Å². The summed E-state index contributed by atoms with van der Waals surface area (Å²) in [6, 6.07) is 7.60. The molecule has 0 radical (unpaired) electrons. The number of ether oxygens (including phenoxy) is 1.